The standard InChI is InChI=1S/C21H17NO5/c1-13(23)14-6-9-16(10-7-14)22-19(24)12-27-21(26)18-11-8-15-4-2-3-5-17(15)20(18)25/h2-11,25H,12H2,1H3,(H,22,24). The van der Waals surface area contributed by atoms with E-state index in [1.807, 2.05) is 12.1 Å². The lowest BCUT2D eigenvalue weighted by Gasteiger charge is -2.09. The molecule has 0 aliphatic heterocycles. The molecule has 6 heteroatoms. The number of Topliss-reactive ketones (excluding diaryl/α,β-unsaturated/α-hetero) is 1. The van der Waals surface area contributed by atoms with Gasteiger partial charge in [-0.2, -0.15) is 0 Å². The Kier molecular flexibility index (Phi) is 5.17. The van der Waals surface area contributed by atoms with Crippen molar-refractivity contribution in [3.63, 3.8) is 0 Å². The summed E-state index contributed by atoms with van der Waals surface area (Å²) in [6, 6.07) is 16.6. The van der Waals surface area contributed by atoms with Crippen molar-refractivity contribution < 1.29 is 24.2 Å². The molecule has 3 rings (SSSR count). The molecule has 0 unspecified atom stereocenters. The van der Waals surface area contributed by atoms with Crippen LogP contribution in [0.3, 0.4) is 0 Å². The number of rotatable bonds is 5. The Morgan fingerprint density at radius 3 is 2.37 bits per heavy atom. The first-order valence-corrected chi connectivity index (χ1v) is 8.24. The summed E-state index contributed by atoms with van der Waals surface area (Å²) in [4.78, 5) is 35.4. The number of nitrogens with one attached hydrogen (secondary N) is 1. The van der Waals surface area contributed by atoms with E-state index in [9.17, 15) is 19.5 Å². The zero-order chi connectivity index (χ0) is 19.4. The lowest BCUT2D eigenvalue weighted by Crippen LogP contribution is -2.21. The maximum atomic E-state index is 12.2. The molecule has 0 saturated carbocycles. The summed E-state index contributed by atoms with van der Waals surface area (Å²) < 4.78 is 4.99. The molecule has 0 aliphatic rings. The molecule has 0 bridgehead atoms. The fourth-order valence-electron chi connectivity index (χ4n) is 2.61. The highest BCUT2D eigenvalue weighted by Crippen LogP contribution is 2.28. The number of aromatic hydroxyl groups is 1. The number of anilines is 1. The molecule has 0 saturated heterocycles. The van der Waals surface area contributed by atoms with Crippen molar-refractivity contribution in [2.24, 2.45) is 0 Å². The lowest BCUT2D eigenvalue weighted by atomic mass is 10.1. The summed E-state index contributed by atoms with van der Waals surface area (Å²) in [5.74, 6) is -1.57. The van der Waals surface area contributed by atoms with E-state index in [-0.39, 0.29) is 17.1 Å². The molecule has 0 atom stereocenters. The molecule has 2 N–H and O–H groups in total. The van der Waals surface area contributed by atoms with Gasteiger partial charge < -0.3 is 15.2 Å². The maximum Gasteiger partial charge on any atom is 0.342 e. The molecule has 0 heterocycles. The molecule has 136 valence electrons. The number of phenols is 1. The Bertz CT molecular complexity index is 1020. The van der Waals surface area contributed by atoms with Crippen molar-refractivity contribution in [2.45, 2.75) is 6.92 Å². The van der Waals surface area contributed by atoms with Gasteiger partial charge in [-0.05, 0) is 42.6 Å². The Balaban J connectivity index is 1.62. The fourth-order valence-corrected chi connectivity index (χ4v) is 2.61. The summed E-state index contributed by atoms with van der Waals surface area (Å²) >= 11 is 0. The Morgan fingerprint density at radius 2 is 1.67 bits per heavy atom. The largest absolute Gasteiger partial charge is 0.506 e. The number of ketones is 1. The number of ether oxygens (including phenoxy) is 1. The van der Waals surface area contributed by atoms with E-state index >= 15 is 0 Å². The summed E-state index contributed by atoms with van der Waals surface area (Å²) in [6.07, 6.45) is 0. The van der Waals surface area contributed by atoms with E-state index in [1.165, 1.54) is 13.0 Å². The Labute approximate surface area is 155 Å². The number of benzene rings is 3. The monoisotopic (exact) mass is 363 g/mol. The molecule has 0 fully saturated rings. The van der Waals surface area contributed by atoms with E-state index in [0.29, 0.717) is 16.6 Å². The van der Waals surface area contributed by atoms with Crippen LogP contribution in [0.1, 0.15) is 27.6 Å². The van der Waals surface area contributed by atoms with Crippen molar-refractivity contribution in [3.8, 4) is 5.75 Å². The second-order valence-electron chi connectivity index (χ2n) is 5.94. The van der Waals surface area contributed by atoms with Crippen LogP contribution in [0, 0.1) is 0 Å². The van der Waals surface area contributed by atoms with E-state index in [1.54, 1.807) is 42.5 Å². The fraction of sp³-hybridized carbons (Fsp3) is 0.0952. The van der Waals surface area contributed by atoms with Gasteiger partial charge >= 0.3 is 5.97 Å². The number of amides is 1. The SMILES string of the molecule is CC(=O)c1ccc(NC(=O)COC(=O)c2ccc3ccccc3c2O)cc1. The zero-order valence-electron chi connectivity index (χ0n) is 14.6. The van der Waals surface area contributed by atoms with Crippen LogP contribution < -0.4 is 5.32 Å². The molecule has 3 aromatic rings. The molecule has 0 spiro atoms. The van der Waals surface area contributed by atoms with Crippen LogP contribution in [0.5, 0.6) is 5.75 Å². The first kappa shape index (κ1) is 18.1. The van der Waals surface area contributed by atoms with Crippen LogP contribution in [-0.4, -0.2) is 29.4 Å². The summed E-state index contributed by atoms with van der Waals surface area (Å²) in [5, 5.41) is 14.2. The lowest BCUT2D eigenvalue weighted by molar-refractivity contribution is -0.119. The van der Waals surface area contributed by atoms with Crippen LogP contribution in [-0.2, 0) is 9.53 Å². The average Bonchev–Trinajstić information content (AvgIpc) is 2.67. The second-order valence-corrected chi connectivity index (χ2v) is 5.94. The predicted octanol–water partition coefficient (Wildman–Crippen LogP) is 3.54. The third-order valence-electron chi connectivity index (χ3n) is 4.03. The predicted molar refractivity (Wildman–Crippen MR) is 101 cm³/mol. The molecule has 0 radical (unpaired) electrons. The first-order chi connectivity index (χ1) is 13.0. The van der Waals surface area contributed by atoms with Crippen LogP contribution in [0.25, 0.3) is 10.8 Å². The number of fused-ring (bicyclic) bond motifs is 1. The highest BCUT2D eigenvalue weighted by atomic mass is 16.5. The number of phenolic OH excluding ortho intramolecular Hbond substituents is 1. The van der Waals surface area contributed by atoms with Crippen molar-refractivity contribution in [1.82, 2.24) is 0 Å². The number of carbonyl (C=O) groups is 3. The minimum atomic E-state index is -0.791. The van der Waals surface area contributed by atoms with E-state index < -0.39 is 18.5 Å². The third-order valence-corrected chi connectivity index (χ3v) is 4.03. The van der Waals surface area contributed by atoms with Gasteiger partial charge in [-0.3, -0.25) is 9.59 Å². The van der Waals surface area contributed by atoms with Gasteiger partial charge in [0.1, 0.15) is 11.3 Å². The van der Waals surface area contributed by atoms with Crippen molar-refractivity contribution in [3.05, 3.63) is 71.8 Å². The molecule has 27 heavy (non-hydrogen) atoms. The summed E-state index contributed by atoms with van der Waals surface area (Å²) in [5.41, 5.74) is 1.01. The third kappa shape index (κ3) is 4.12. The molecule has 1 amide bonds. The normalized spacial score (nSPS) is 10.4. The van der Waals surface area contributed by atoms with Crippen molar-refractivity contribution >= 4 is 34.1 Å². The summed E-state index contributed by atoms with van der Waals surface area (Å²) in [6.45, 7) is 0.953. The van der Waals surface area contributed by atoms with Crippen molar-refractivity contribution in [2.75, 3.05) is 11.9 Å². The number of carbonyl (C=O) groups excluding carboxylic acids is 3. The van der Waals surface area contributed by atoms with Gasteiger partial charge in [-0.1, -0.05) is 30.3 Å². The number of hydrogen-bond acceptors (Lipinski definition) is 5. The second kappa shape index (κ2) is 7.70. The minimum Gasteiger partial charge on any atom is -0.506 e. The van der Waals surface area contributed by atoms with Gasteiger partial charge in [0.05, 0.1) is 0 Å². The van der Waals surface area contributed by atoms with Crippen LogP contribution >= 0.6 is 0 Å². The van der Waals surface area contributed by atoms with Crippen molar-refractivity contribution in [1.29, 1.82) is 0 Å². The minimum absolute atomic E-state index is 0.00712. The van der Waals surface area contributed by atoms with Crippen LogP contribution in [0.2, 0.25) is 0 Å². The average molecular weight is 363 g/mol. The number of esters is 1. The van der Waals surface area contributed by atoms with Gasteiger partial charge in [0.2, 0.25) is 0 Å². The van der Waals surface area contributed by atoms with Gasteiger partial charge in [0, 0.05) is 16.6 Å². The van der Waals surface area contributed by atoms with Gasteiger partial charge in [-0.25, -0.2) is 4.79 Å². The smallest absolute Gasteiger partial charge is 0.342 e. The van der Waals surface area contributed by atoms with Gasteiger partial charge in [0.15, 0.2) is 12.4 Å². The molecular weight excluding hydrogens is 346 g/mol. The highest BCUT2D eigenvalue weighted by Gasteiger charge is 2.16. The molecule has 6 nitrogen and oxygen atoms in total. The van der Waals surface area contributed by atoms with Gasteiger partial charge in [-0.15, -0.1) is 0 Å². The van der Waals surface area contributed by atoms with E-state index in [2.05, 4.69) is 5.32 Å². The highest BCUT2D eigenvalue weighted by molar-refractivity contribution is 6.02. The molecule has 3 aromatic carbocycles. The molecule has 0 aromatic heterocycles. The van der Waals surface area contributed by atoms with E-state index in [4.69, 9.17) is 4.74 Å². The Hall–Kier alpha value is -3.67. The zero-order valence-corrected chi connectivity index (χ0v) is 14.6. The molecular formula is C21H17NO5. The van der Waals surface area contributed by atoms with E-state index in [0.717, 1.165) is 5.39 Å². The number of hydrogen-bond donors (Lipinski definition) is 2. The maximum absolute atomic E-state index is 12.2. The Morgan fingerprint density at radius 1 is 0.963 bits per heavy atom. The van der Waals surface area contributed by atoms with Crippen LogP contribution in [0.4, 0.5) is 5.69 Å². The summed E-state index contributed by atoms with van der Waals surface area (Å²) in [7, 11) is 0. The van der Waals surface area contributed by atoms with Gasteiger partial charge in [0.25, 0.3) is 5.91 Å². The molecule has 0 aliphatic carbocycles. The van der Waals surface area contributed by atoms with Crippen LogP contribution in [0.15, 0.2) is 60.7 Å². The first-order valence-electron chi connectivity index (χ1n) is 8.24. The quantitative estimate of drug-likeness (QED) is 0.534. The topological polar surface area (TPSA) is 92.7 Å².